The van der Waals surface area contributed by atoms with E-state index in [4.69, 9.17) is 0 Å². The third-order valence-electron chi connectivity index (χ3n) is 2.58. The quantitative estimate of drug-likeness (QED) is 0.741. The molecule has 2 aromatic rings. The number of aliphatic imine (C=N–C) groups is 1. The molecule has 76 valence electrons. The van der Waals surface area contributed by atoms with Crippen LogP contribution in [0.25, 0.3) is 11.0 Å². The van der Waals surface area contributed by atoms with Crippen molar-refractivity contribution in [1.29, 1.82) is 0 Å². The highest BCUT2D eigenvalue weighted by molar-refractivity contribution is 5.97. The highest BCUT2D eigenvalue weighted by Gasteiger charge is 2.06. The van der Waals surface area contributed by atoms with Gasteiger partial charge in [-0.15, -0.1) is 0 Å². The van der Waals surface area contributed by atoms with E-state index in [0.717, 1.165) is 41.9 Å². The Morgan fingerprint density at radius 3 is 3.20 bits per heavy atom. The van der Waals surface area contributed by atoms with Gasteiger partial charge in [-0.3, -0.25) is 4.99 Å². The van der Waals surface area contributed by atoms with Crippen LogP contribution in [-0.2, 0) is 0 Å². The molecule has 1 aliphatic rings. The van der Waals surface area contributed by atoms with Crippen LogP contribution in [0.5, 0.6) is 0 Å². The molecule has 1 aromatic carbocycles. The van der Waals surface area contributed by atoms with Gasteiger partial charge in [-0.25, -0.2) is 4.98 Å². The van der Waals surface area contributed by atoms with Crippen LogP contribution in [0.3, 0.4) is 0 Å². The molecule has 0 saturated heterocycles. The summed E-state index contributed by atoms with van der Waals surface area (Å²) in [7, 11) is 0. The Morgan fingerprint density at radius 1 is 1.33 bits per heavy atom. The molecule has 4 nitrogen and oxygen atoms in total. The molecule has 15 heavy (non-hydrogen) atoms. The van der Waals surface area contributed by atoms with E-state index in [1.165, 1.54) is 0 Å². The smallest absolute Gasteiger partial charge is 0.101 e. The monoisotopic (exact) mass is 200 g/mol. The number of anilines is 1. The summed E-state index contributed by atoms with van der Waals surface area (Å²) in [5, 5.41) is 3.32. The molecule has 4 heteroatoms. The molecule has 0 saturated carbocycles. The van der Waals surface area contributed by atoms with Gasteiger partial charge in [0.2, 0.25) is 0 Å². The van der Waals surface area contributed by atoms with Crippen LogP contribution >= 0.6 is 0 Å². The third-order valence-corrected chi connectivity index (χ3v) is 2.58. The minimum Gasteiger partial charge on any atom is -0.345 e. The van der Waals surface area contributed by atoms with E-state index in [1.54, 1.807) is 6.33 Å². The maximum absolute atomic E-state index is 4.38. The Kier molecular flexibility index (Phi) is 1.91. The number of benzene rings is 1. The second kappa shape index (κ2) is 3.38. The van der Waals surface area contributed by atoms with Crippen molar-refractivity contribution in [2.75, 3.05) is 11.9 Å². The fourth-order valence-corrected chi connectivity index (χ4v) is 1.82. The van der Waals surface area contributed by atoms with Crippen molar-refractivity contribution in [2.24, 2.45) is 4.99 Å². The van der Waals surface area contributed by atoms with Gasteiger partial charge in [0.15, 0.2) is 0 Å². The molecular weight excluding hydrogens is 188 g/mol. The minimum atomic E-state index is 0.951. The molecule has 0 aliphatic carbocycles. The molecule has 0 fully saturated rings. The van der Waals surface area contributed by atoms with E-state index in [2.05, 4.69) is 20.3 Å². The lowest BCUT2D eigenvalue weighted by atomic mass is 10.2. The zero-order valence-corrected chi connectivity index (χ0v) is 8.33. The molecule has 1 aliphatic heterocycles. The Labute approximate surface area is 87.4 Å². The van der Waals surface area contributed by atoms with Gasteiger partial charge in [0.25, 0.3) is 0 Å². The number of nitrogens with zero attached hydrogens (tertiary/aromatic N) is 2. The maximum atomic E-state index is 4.38. The van der Waals surface area contributed by atoms with Crippen molar-refractivity contribution >= 4 is 22.6 Å². The van der Waals surface area contributed by atoms with Gasteiger partial charge in [-0.05, 0) is 24.6 Å². The molecule has 0 bridgehead atoms. The maximum Gasteiger partial charge on any atom is 0.101 e. The second-order valence-electron chi connectivity index (χ2n) is 3.69. The highest BCUT2D eigenvalue weighted by atomic mass is 15.0. The first-order valence-electron chi connectivity index (χ1n) is 5.15. The van der Waals surface area contributed by atoms with Crippen molar-refractivity contribution < 1.29 is 0 Å². The Morgan fingerprint density at radius 2 is 2.33 bits per heavy atom. The van der Waals surface area contributed by atoms with Gasteiger partial charge in [0.05, 0.1) is 17.4 Å². The summed E-state index contributed by atoms with van der Waals surface area (Å²) in [5.41, 5.74) is 3.11. The van der Waals surface area contributed by atoms with Crippen LogP contribution in [-0.4, -0.2) is 22.3 Å². The number of aromatic amines is 1. The number of nitrogens with one attached hydrogen (secondary N) is 2. The minimum absolute atomic E-state index is 0.951. The summed E-state index contributed by atoms with van der Waals surface area (Å²) in [5.74, 6) is 1.09. The van der Waals surface area contributed by atoms with Crippen molar-refractivity contribution in [3.63, 3.8) is 0 Å². The highest BCUT2D eigenvalue weighted by Crippen LogP contribution is 2.17. The number of rotatable bonds is 1. The van der Waals surface area contributed by atoms with Gasteiger partial charge in [-0.1, -0.05) is 0 Å². The predicted octanol–water partition coefficient (Wildman–Crippen LogP) is 2.17. The van der Waals surface area contributed by atoms with Crippen LogP contribution in [0.2, 0.25) is 0 Å². The fourth-order valence-electron chi connectivity index (χ4n) is 1.82. The number of H-pyrrole nitrogens is 1. The summed E-state index contributed by atoms with van der Waals surface area (Å²) in [6.07, 6.45) is 3.92. The lowest BCUT2D eigenvalue weighted by Crippen LogP contribution is -2.07. The average molecular weight is 200 g/mol. The largest absolute Gasteiger partial charge is 0.345 e. The van der Waals surface area contributed by atoms with E-state index < -0.39 is 0 Å². The summed E-state index contributed by atoms with van der Waals surface area (Å²) in [6, 6.07) is 6.11. The van der Waals surface area contributed by atoms with Gasteiger partial charge < -0.3 is 10.3 Å². The normalized spacial score (nSPS) is 15.6. The van der Waals surface area contributed by atoms with Gasteiger partial charge in [-0.2, -0.15) is 0 Å². The van der Waals surface area contributed by atoms with Crippen molar-refractivity contribution in [1.82, 2.24) is 9.97 Å². The summed E-state index contributed by atoms with van der Waals surface area (Å²) in [4.78, 5) is 11.7. The predicted molar refractivity (Wildman–Crippen MR) is 61.3 cm³/mol. The lowest BCUT2D eigenvalue weighted by Gasteiger charge is -2.04. The Bertz CT molecular complexity index is 512. The molecule has 1 aromatic heterocycles. The number of hydrogen-bond donors (Lipinski definition) is 2. The fraction of sp³-hybridized carbons (Fsp3) is 0.273. The van der Waals surface area contributed by atoms with E-state index in [9.17, 15) is 0 Å². The molecule has 0 atom stereocenters. The van der Waals surface area contributed by atoms with Gasteiger partial charge in [0, 0.05) is 18.7 Å². The van der Waals surface area contributed by atoms with Crippen molar-refractivity contribution in [3.8, 4) is 0 Å². The van der Waals surface area contributed by atoms with Crippen LogP contribution in [0.15, 0.2) is 29.5 Å². The Balaban J connectivity index is 1.90. The molecule has 0 radical (unpaired) electrons. The SMILES string of the molecule is c1nc2cc(NC3=NCCC3)ccc2[nH]1. The summed E-state index contributed by atoms with van der Waals surface area (Å²) < 4.78 is 0. The molecule has 0 amide bonds. The zero-order chi connectivity index (χ0) is 10.1. The molecule has 0 spiro atoms. The number of hydrogen-bond acceptors (Lipinski definition) is 3. The zero-order valence-electron chi connectivity index (χ0n) is 8.33. The Hall–Kier alpha value is -1.84. The van der Waals surface area contributed by atoms with Crippen molar-refractivity contribution in [3.05, 3.63) is 24.5 Å². The molecule has 3 rings (SSSR count). The molecule has 0 unspecified atom stereocenters. The first-order valence-corrected chi connectivity index (χ1v) is 5.15. The third kappa shape index (κ3) is 1.58. The first kappa shape index (κ1) is 8.47. The van der Waals surface area contributed by atoms with E-state index in [1.807, 2.05) is 18.2 Å². The summed E-state index contributed by atoms with van der Waals surface area (Å²) in [6.45, 7) is 0.951. The van der Waals surface area contributed by atoms with E-state index in [-0.39, 0.29) is 0 Å². The van der Waals surface area contributed by atoms with E-state index >= 15 is 0 Å². The molecule has 2 N–H and O–H groups in total. The number of amidine groups is 1. The van der Waals surface area contributed by atoms with Crippen LogP contribution in [0.4, 0.5) is 5.69 Å². The van der Waals surface area contributed by atoms with Crippen LogP contribution in [0, 0.1) is 0 Å². The van der Waals surface area contributed by atoms with Gasteiger partial charge in [0.1, 0.15) is 5.84 Å². The topological polar surface area (TPSA) is 53.1 Å². The molecule has 2 heterocycles. The lowest BCUT2D eigenvalue weighted by molar-refractivity contribution is 0.951. The van der Waals surface area contributed by atoms with Gasteiger partial charge >= 0.3 is 0 Å². The first-order chi connectivity index (χ1) is 7.42. The molecular formula is C11H12N4. The second-order valence-corrected chi connectivity index (χ2v) is 3.69. The summed E-state index contributed by atoms with van der Waals surface area (Å²) >= 11 is 0. The van der Waals surface area contributed by atoms with Crippen LogP contribution < -0.4 is 5.32 Å². The number of imidazole rings is 1. The van der Waals surface area contributed by atoms with E-state index in [0.29, 0.717) is 0 Å². The average Bonchev–Trinajstić information content (AvgIpc) is 2.87. The van der Waals surface area contributed by atoms with Crippen LogP contribution in [0.1, 0.15) is 12.8 Å². The number of aromatic nitrogens is 2. The van der Waals surface area contributed by atoms with Crippen molar-refractivity contribution in [2.45, 2.75) is 12.8 Å². The number of fused-ring (bicyclic) bond motifs is 1. The standard InChI is InChI=1S/C11H12N4/c1-2-11(12-5-1)15-8-3-4-9-10(6-8)14-7-13-9/h3-4,6-7H,1-2,5H2,(H,12,15)(H,13,14).